The monoisotopic (exact) mass is 242 g/mol. The van der Waals surface area contributed by atoms with Gasteiger partial charge in [-0.15, -0.1) is 0 Å². The first kappa shape index (κ1) is 11.3. The Bertz CT molecular complexity index is 553. The minimum atomic E-state index is 0.563. The first-order chi connectivity index (χ1) is 8.75. The van der Waals surface area contributed by atoms with Crippen LogP contribution in [0, 0.1) is 6.92 Å². The molecule has 1 heterocycles. The summed E-state index contributed by atoms with van der Waals surface area (Å²) in [5, 5.41) is 7.43. The highest BCUT2D eigenvalue weighted by Gasteiger charge is 2.21. The zero-order valence-electron chi connectivity index (χ0n) is 10.6. The average Bonchev–Trinajstić information content (AvgIpc) is 3.01. The van der Waals surface area contributed by atoms with Gasteiger partial charge in [-0.25, -0.2) is 4.98 Å². The largest absolute Gasteiger partial charge is 0.398 e. The van der Waals surface area contributed by atoms with Crippen LogP contribution in [-0.2, 0) is 0 Å². The highest BCUT2D eigenvalue weighted by molar-refractivity contribution is 5.67. The summed E-state index contributed by atoms with van der Waals surface area (Å²) >= 11 is 0. The maximum Gasteiger partial charge on any atom is 0.181 e. The van der Waals surface area contributed by atoms with Gasteiger partial charge in [0, 0.05) is 17.2 Å². The predicted octanol–water partition coefficient (Wildman–Crippen LogP) is 3.02. The van der Waals surface area contributed by atoms with Crippen LogP contribution in [0.1, 0.15) is 43.0 Å². The second-order valence-electron chi connectivity index (χ2n) is 5.05. The molecule has 2 aromatic rings. The lowest BCUT2D eigenvalue weighted by Crippen LogP contribution is -1.95. The number of hydrogen-bond acceptors (Lipinski definition) is 3. The van der Waals surface area contributed by atoms with E-state index in [9.17, 15) is 0 Å². The van der Waals surface area contributed by atoms with Crippen LogP contribution in [0.15, 0.2) is 18.2 Å². The molecule has 3 N–H and O–H groups in total. The lowest BCUT2D eigenvalue weighted by Gasteiger charge is -2.04. The van der Waals surface area contributed by atoms with Gasteiger partial charge in [0.2, 0.25) is 0 Å². The third kappa shape index (κ3) is 1.88. The Morgan fingerprint density at radius 3 is 2.83 bits per heavy atom. The fourth-order valence-electron chi connectivity index (χ4n) is 2.67. The fourth-order valence-corrected chi connectivity index (χ4v) is 2.67. The molecular formula is C14H18N4. The molecule has 4 nitrogen and oxygen atoms in total. The predicted molar refractivity (Wildman–Crippen MR) is 72.2 cm³/mol. The van der Waals surface area contributed by atoms with Crippen molar-refractivity contribution in [3.8, 4) is 11.4 Å². The van der Waals surface area contributed by atoms with Crippen molar-refractivity contribution in [3.05, 3.63) is 29.6 Å². The third-order valence-corrected chi connectivity index (χ3v) is 3.86. The van der Waals surface area contributed by atoms with E-state index < -0.39 is 0 Å². The molecule has 0 saturated heterocycles. The van der Waals surface area contributed by atoms with Crippen LogP contribution in [0.3, 0.4) is 0 Å². The zero-order chi connectivity index (χ0) is 12.5. The molecule has 0 aliphatic heterocycles. The van der Waals surface area contributed by atoms with Gasteiger partial charge in [0.05, 0.1) is 0 Å². The number of benzene rings is 1. The molecule has 0 atom stereocenters. The second kappa shape index (κ2) is 4.44. The van der Waals surface area contributed by atoms with Crippen LogP contribution in [0.5, 0.6) is 0 Å². The summed E-state index contributed by atoms with van der Waals surface area (Å²) in [6, 6.07) is 5.87. The maximum absolute atomic E-state index is 5.92. The summed E-state index contributed by atoms with van der Waals surface area (Å²) in [5.41, 5.74) is 8.79. The van der Waals surface area contributed by atoms with Crippen molar-refractivity contribution in [2.24, 2.45) is 0 Å². The van der Waals surface area contributed by atoms with Gasteiger partial charge in [0.25, 0.3) is 0 Å². The van der Waals surface area contributed by atoms with Crippen LogP contribution in [-0.4, -0.2) is 15.2 Å². The van der Waals surface area contributed by atoms with Crippen LogP contribution in [0.4, 0.5) is 5.69 Å². The SMILES string of the molecule is Cc1c(N)cccc1-c1n[nH]c(C2CCCC2)n1. The van der Waals surface area contributed by atoms with E-state index in [-0.39, 0.29) is 0 Å². The van der Waals surface area contributed by atoms with Crippen LogP contribution in [0.2, 0.25) is 0 Å². The van der Waals surface area contributed by atoms with E-state index in [4.69, 9.17) is 5.73 Å². The molecule has 0 bridgehead atoms. The van der Waals surface area contributed by atoms with E-state index in [1.165, 1.54) is 25.7 Å². The number of anilines is 1. The van der Waals surface area contributed by atoms with Crippen LogP contribution >= 0.6 is 0 Å². The van der Waals surface area contributed by atoms with Crippen molar-refractivity contribution in [1.82, 2.24) is 15.2 Å². The number of nitrogen functional groups attached to an aromatic ring is 1. The summed E-state index contributed by atoms with van der Waals surface area (Å²) in [6.07, 6.45) is 5.06. The molecule has 4 heteroatoms. The number of aromatic nitrogens is 3. The fraction of sp³-hybridized carbons (Fsp3) is 0.429. The molecule has 0 spiro atoms. The molecule has 3 rings (SSSR count). The molecule has 1 aromatic heterocycles. The lowest BCUT2D eigenvalue weighted by atomic mass is 10.1. The Hall–Kier alpha value is -1.84. The maximum atomic E-state index is 5.92. The minimum Gasteiger partial charge on any atom is -0.398 e. The summed E-state index contributed by atoms with van der Waals surface area (Å²) < 4.78 is 0. The number of hydrogen-bond donors (Lipinski definition) is 2. The Kier molecular flexibility index (Phi) is 2.78. The van der Waals surface area contributed by atoms with Crippen molar-refractivity contribution < 1.29 is 0 Å². The van der Waals surface area contributed by atoms with E-state index in [1.54, 1.807) is 0 Å². The first-order valence-corrected chi connectivity index (χ1v) is 6.53. The first-order valence-electron chi connectivity index (χ1n) is 6.53. The third-order valence-electron chi connectivity index (χ3n) is 3.86. The number of rotatable bonds is 2. The van der Waals surface area contributed by atoms with Gasteiger partial charge in [-0.1, -0.05) is 25.0 Å². The van der Waals surface area contributed by atoms with Crippen molar-refractivity contribution in [3.63, 3.8) is 0 Å². The second-order valence-corrected chi connectivity index (χ2v) is 5.05. The van der Waals surface area contributed by atoms with E-state index in [1.807, 2.05) is 25.1 Å². The number of nitrogens with one attached hydrogen (secondary N) is 1. The molecule has 94 valence electrons. The summed E-state index contributed by atoms with van der Waals surface area (Å²) in [6.45, 7) is 2.01. The van der Waals surface area contributed by atoms with E-state index in [0.29, 0.717) is 5.92 Å². The van der Waals surface area contributed by atoms with Crippen molar-refractivity contribution in [2.75, 3.05) is 5.73 Å². The Balaban J connectivity index is 1.95. The summed E-state index contributed by atoms with van der Waals surface area (Å²) in [4.78, 5) is 4.64. The van der Waals surface area contributed by atoms with Gasteiger partial charge in [-0.2, -0.15) is 5.10 Å². The number of H-pyrrole nitrogens is 1. The normalized spacial score (nSPS) is 16.3. The number of nitrogens with two attached hydrogens (primary N) is 1. The standard InChI is InChI=1S/C14H18N4/c1-9-11(7-4-8-12(9)15)14-16-13(17-18-14)10-5-2-3-6-10/h4,7-8,10H,2-3,5-6,15H2,1H3,(H,16,17,18). The molecule has 0 unspecified atom stereocenters. The smallest absolute Gasteiger partial charge is 0.181 e. The topological polar surface area (TPSA) is 67.6 Å². The van der Waals surface area contributed by atoms with Gasteiger partial charge in [0.15, 0.2) is 5.82 Å². The average molecular weight is 242 g/mol. The molecule has 0 radical (unpaired) electrons. The summed E-state index contributed by atoms with van der Waals surface area (Å²) in [7, 11) is 0. The van der Waals surface area contributed by atoms with Gasteiger partial charge < -0.3 is 5.73 Å². The Morgan fingerprint density at radius 2 is 2.06 bits per heavy atom. The van der Waals surface area contributed by atoms with Crippen LogP contribution in [0.25, 0.3) is 11.4 Å². The van der Waals surface area contributed by atoms with Gasteiger partial charge in [0.1, 0.15) is 5.82 Å². The van der Waals surface area contributed by atoms with Crippen molar-refractivity contribution >= 4 is 5.69 Å². The van der Waals surface area contributed by atoms with Gasteiger partial charge in [-0.05, 0) is 31.4 Å². The quantitative estimate of drug-likeness (QED) is 0.795. The summed E-state index contributed by atoms with van der Waals surface area (Å²) in [5.74, 6) is 2.36. The minimum absolute atomic E-state index is 0.563. The molecule has 1 aromatic carbocycles. The van der Waals surface area contributed by atoms with E-state index in [0.717, 1.165) is 28.5 Å². The van der Waals surface area contributed by atoms with Gasteiger partial charge in [-0.3, -0.25) is 5.10 Å². The highest BCUT2D eigenvalue weighted by Crippen LogP contribution is 2.33. The Labute approximate surface area is 107 Å². The molecule has 1 saturated carbocycles. The zero-order valence-corrected chi connectivity index (χ0v) is 10.6. The molecule has 1 aliphatic carbocycles. The highest BCUT2D eigenvalue weighted by atomic mass is 15.2. The van der Waals surface area contributed by atoms with Crippen LogP contribution < -0.4 is 5.73 Å². The molecule has 1 aliphatic rings. The molecular weight excluding hydrogens is 224 g/mol. The number of aromatic amines is 1. The van der Waals surface area contributed by atoms with Crippen molar-refractivity contribution in [2.45, 2.75) is 38.5 Å². The van der Waals surface area contributed by atoms with E-state index >= 15 is 0 Å². The molecule has 18 heavy (non-hydrogen) atoms. The number of nitrogens with zero attached hydrogens (tertiary/aromatic N) is 2. The molecule has 0 amide bonds. The van der Waals surface area contributed by atoms with Crippen molar-refractivity contribution in [1.29, 1.82) is 0 Å². The van der Waals surface area contributed by atoms with E-state index in [2.05, 4.69) is 15.2 Å². The lowest BCUT2D eigenvalue weighted by molar-refractivity contribution is 0.672. The Morgan fingerprint density at radius 1 is 1.28 bits per heavy atom. The molecule has 1 fully saturated rings. The van der Waals surface area contributed by atoms with Gasteiger partial charge >= 0.3 is 0 Å².